The van der Waals surface area contributed by atoms with Gasteiger partial charge in [0, 0.05) is 36.9 Å². The molecular weight excluding hydrogens is 442 g/mol. The Bertz CT molecular complexity index is 1180. The first-order valence-corrected chi connectivity index (χ1v) is 13.1. The minimum absolute atomic E-state index is 0.210. The molecule has 168 valence electrons. The van der Waals surface area contributed by atoms with Crippen molar-refractivity contribution in [2.45, 2.75) is 36.6 Å². The standard InChI is InChI=1S/C24H27N3O3S2/c1-2-22(27-13-12-18-7-3-4-8-20(18)17-27)16-25-24(28)19-9-5-10-21(15-19)26-32(29,30)23-11-6-14-31-23/h3-11,14-15,22,26H,2,12-13,16-17H2,1H3,(H,25,28). The van der Waals surface area contributed by atoms with Crippen LogP contribution in [0.15, 0.2) is 70.3 Å². The van der Waals surface area contributed by atoms with Crippen LogP contribution in [0.1, 0.15) is 34.8 Å². The van der Waals surface area contributed by atoms with E-state index in [1.807, 2.05) is 0 Å². The summed E-state index contributed by atoms with van der Waals surface area (Å²) in [6, 6.07) is 18.6. The second-order valence-corrected chi connectivity index (χ2v) is 10.7. The van der Waals surface area contributed by atoms with E-state index >= 15 is 0 Å². The van der Waals surface area contributed by atoms with Gasteiger partial charge in [-0.05, 0) is 53.6 Å². The molecule has 0 spiro atoms. The molecule has 1 aliphatic heterocycles. The fourth-order valence-corrected chi connectivity index (χ4v) is 6.06. The lowest BCUT2D eigenvalue weighted by atomic mass is 9.98. The largest absolute Gasteiger partial charge is 0.350 e. The number of hydrogen-bond acceptors (Lipinski definition) is 5. The van der Waals surface area contributed by atoms with E-state index in [1.165, 1.54) is 11.1 Å². The van der Waals surface area contributed by atoms with Crippen molar-refractivity contribution in [1.82, 2.24) is 10.2 Å². The van der Waals surface area contributed by atoms with Gasteiger partial charge in [-0.25, -0.2) is 8.42 Å². The molecule has 2 heterocycles. The van der Waals surface area contributed by atoms with Gasteiger partial charge < -0.3 is 5.32 Å². The van der Waals surface area contributed by atoms with E-state index in [9.17, 15) is 13.2 Å². The smallest absolute Gasteiger partial charge is 0.271 e. The molecule has 1 aliphatic rings. The average Bonchev–Trinajstić information content (AvgIpc) is 3.35. The van der Waals surface area contributed by atoms with Crippen LogP contribution in [0.4, 0.5) is 5.69 Å². The predicted molar refractivity (Wildman–Crippen MR) is 129 cm³/mol. The number of carbonyl (C=O) groups is 1. The summed E-state index contributed by atoms with van der Waals surface area (Å²) in [5.74, 6) is -0.210. The Labute approximate surface area is 193 Å². The Balaban J connectivity index is 1.38. The van der Waals surface area contributed by atoms with Crippen LogP contribution in [0.2, 0.25) is 0 Å². The molecule has 0 saturated heterocycles. The number of anilines is 1. The van der Waals surface area contributed by atoms with Crippen LogP contribution in [0, 0.1) is 0 Å². The number of rotatable bonds is 8. The molecule has 6 nitrogen and oxygen atoms in total. The molecule has 4 rings (SSSR count). The highest BCUT2D eigenvalue weighted by Gasteiger charge is 2.23. The Morgan fingerprint density at radius 2 is 1.91 bits per heavy atom. The molecule has 1 unspecified atom stereocenters. The zero-order chi connectivity index (χ0) is 22.6. The third-order valence-corrected chi connectivity index (χ3v) is 8.56. The van der Waals surface area contributed by atoms with Gasteiger partial charge in [0.2, 0.25) is 0 Å². The molecule has 0 radical (unpaired) electrons. The number of benzene rings is 2. The summed E-state index contributed by atoms with van der Waals surface area (Å²) in [7, 11) is -3.65. The quantitative estimate of drug-likeness (QED) is 0.520. The lowest BCUT2D eigenvalue weighted by Gasteiger charge is -2.35. The number of amides is 1. The molecule has 0 bridgehead atoms. The van der Waals surface area contributed by atoms with Crippen molar-refractivity contribution >= 4 is 33.0 Å². The minimum atomic E-state index is -3.65. The molecule has 32 heavy (non-hydrogen) atoms. The van der Waals surface area contributed by atoms with Gasteiger partial charge in [0.05, 0.1) is 0 Å². The van der Waals surface area contributed by atoms with Gasteiger partial charge in [-0.1, -0.05) is 43.3 Å². The number of carbonyl (C=O) groups excluding carboxylic acids is 1. The summed E-state index contributed by atoms with van der Waals surface area (Å²) >= 11 is 1.15. The van der Waals surface area contributed by atoms with Crippen molar-refractivity contribution in [3.63, 3.8) is 0 Å². The highest BCUT2D eigenvalue weighted by atomic mass is 32.2. The molecule has 2 aromatic carbocycles. The summed E-state index contributed by atoms with van der Waals surface area (Å²) in [5.41, 5.74) is 3.56. The minimum Gasteiger partial charge on any atom is -0.350 e. The first-order valence-electron chi connectivity index (χ1n) is 10.7. The number of nitrogens with zero attached hydrogens (tertiary/aromatic N) is 1. The maximum Gasteiger partial charge on any atom is 0.271 e. The number of nitrogens with one attached hydrogen (secondary N) is 2. The van der Waals surface area contributed by atoms with Crippen molar-refractivity contribution in [2.75, 3.05) is 17.8 Å². The highest BCUT2D eigenvalue weighted by molar-refractivity contribution is 7.94. The van der Waals surface area contributed by atoms with Gasteiger partial charge in [0.25, 0.3) is 15.9 Å². The Morgan fingerprint density at radius 3 is 2.66 bits per heavy atom. The average molecular weight is 470 g/mol. The molecule has 1 amide bonds. The monoisotopic (exact) mass is 469 g/mol. The van der Waals surface area contributed by atoms with Crippen LogP contribution in [-0.4, -0.2) is 38.4 Å². The van der Waals surface area contributed by atoms with Gasteiger partial charge in [0.1, 0.15) is 4.21 Å². The molecule has 8 heteroatoms. The predicted octanol–water partition coefficient (Wildman–Crippen LogP) is 4.12. The molecule has 0 saturated carbocycles. The number of thiophene rings is 1. The summed E-state index contributed by atoms with van der Waals surface area (Å²) in [6.45, 7) is 4.55. The number of sulfonamides is 1. The normalized spacial score (nSPS) is 15.0. The van der Waals surface area contributed by atoms with Crippen LogP contribution in [0.3, 0.4) is 0 Å². The first kappa shape index (κ1) is 22.5. The van der Waals surface area contributed by atoms with Gasteiger partial charge in [0.15, 0.2) is 0 Å². The van der Waals surface area contributed by atoms with E-state index in [0.29, 0.717) is 17.8 Å². The Kier molecular flexibility index (Phi) is 6.93. The molecule has 0 fully saturated rings. The van der Waals surface area contributed by atoms with Gasteiger partial charge in [-0.3, -0.25) is 14.4 Å². The van der Waals surface area contributed by atoms with Gasteiger partial charge in [-0.15, -0.1) is 11.3 Å². The number of hydrogen-bond donors (Lipinski definition) is 2. The lowest BCUT2D eigenvalue weighted by Crippen LogP contribution is -2.45. The second-order valence-electron chi connectivity index (χ2n) is 7.88. The van der Waals surface area contributed by atoms with Crippen LogP contribution >= 0.6 is 11.3 Å². The van der Waals surface area contributed by atoms with Crippen LogP contribution in [0.25, 0.3) is 0 Å². The van der Waals surface area contributed by atoms with Crippen molar-refractivity contribution in [2.24, 2.45) is 0 Å². The highest BCUT2D eigenvalue weighted by Crippen LogP contribution is 2.22. The van der Waals surface area contributed by atoms with Crippen molar-refractivity contribution < 1.29 is 13.2 Å². The lowest BCUT2D eigenvalue weighted by molar-refractivity contribution is 0.0926. The zero-order valence-electron chi connectivity index (χ0n) is 18.0. The Morgan fingerprint density at radius 1 is 1.09 bits per heavy atom. The maximum atomic E-state index is 12.8. The summed E-state index contributed by atoms with van der Waals surface area (Å²) in [4.78, 5) is 15.2. The molecule has 2 N–H and O–H groups in total. The first-order chi connectivity index (χ1) is 15.5. The maximum absolute atomic E-state index is 12.8. The summed E-state index contributed by atoms with van der Waals surface area (Å²) in [6.07, 6.45) is 1.95. The fraction of sp³-hybridized carbons (Fsp3) is 0.292. The van der Waals surface area contributed by atoms with E-state index in [-0.39, 0.29) is 16.2 Å². The van der Waals surface area contributed by atoms with Crippen molar-refractivity contribution in [3.05, 3.63) is 82.7 Å². The topological polar surface area (TPSA) is 78.5 Å². The molecule has 3 aromatic rings. The zero-order valence-corrected chi connectivity index (χ0v) is 19.6. The van der Waals surface area contributed by atoms with Crippen LogP contribution in [-0.2, 0) is 23.0 Å². The Hall–Kier alpha value is -2.68. The van der Waals surface area contributed by atoms with E-state index in [0.717, 1.165) is 37.3 Å². The third-order valence-electron chi connectivity index (χ3n) is 5.78. The molecule has 1 atom stereocenters. The van der Waals surface area contributed by atoms with Crippen LogP contribution < -0.4 is 10.0 Å². The van der Waals surface area contributed by atoms with E-state index in [1.54, 1.807) is 41.8 Å². The molecule has 1 aromatic heterocycles. The van der Waals surface area contributed by atoms with E-state index in [4.69, 9.17) is 0 Å². The third kappa shape index (κ3) is 5.20. The second kappa shape index (κ2) is 9.85. The molecule has 0 aliphatic carbocycles. The fourth-order valence-electron chi connectivity index (χ4n) is 4.02. The van der Waals surface area contributed by atoms with Crippen LogP contribution in [0.5, 0.6) is 0 Å². The molecular formula is C24H27N3O3S2. The number of fused-ring (bicyclic) bond motifs is 1. The summed E-state index contributed by atoms with van der Waals surface area (Å²) in [5, 5.41) is 4.74. The van der Waals surface area contributed by atoms with Crippen molar-refractivity contribution in [1.29, 1.82) is 0 Å². The van der Waals surface area contributed by atoms with Crippen molar-refractivity contribution in [3.8, 4) is 0 Å². The van der Waals surface area contributed by atoms with Gasteiger partial charge in [-0.2, -0.15) is 0 Å². The summed E-state index contributed by atoms with van der Waals surface area (Å²) < 4.78 is 27.7. The van der Waals surface area contributed by atoms with E-state index < -0.39 is 10.0 Å². The van der Waals surface area contributed by atoms with E-state index in [2.05, 4.69) is 46.1 Å². The van der Waals surface area contributed by atoms with Gasteiger partial charge >= 0.3 is 0 Å². The SMILES string of the molecule is CCC(CNC(=O)c1cccc(NS(=O)(=O)c2cccs2)c1)N1CCc2ccccc2C1.